The van der Waals surface area contributed by atoms with Crippen LogP contribution in [0.15, 0.2) is 97.1 Å². The van der Waals surface area contributed by atoms with E-state index in [0.29, 0.717) is 41.4 Å². The van der Waals surface area contributed by atoms with E-state index in [4.69, 9.17) is 28.4 Å². The quantitative estimate of drug-likeness (QED) is 0.150. The molecule has 1 N–H and O–H groups in total. The van der Waals surface area contributed by atoms with Crippen LogP contribution in [0, 0.1) is 0 Å². The fourth-order valence-corrected chi connectivity index (χ4v) is 4.17. The molecule has 0 aliphatic heterocycles. The van der Waals surface area contributed by atoms with E-state index in [9.17, 15) is 9.90 Å². The van der Waals surface area contributed by atoms with E-state index in [1.165, 1.54) is 7.11 Å². The first-order valence-corrected chi connectivity index (χ1v) is 13.1. The average Bonchev–Trinajstić information content (AvgIpc) is 3.01. The number of rotatable bonds is 15. The molecule has 214 valence electrons. The van der Waals surface area contributed by atoms with Crippen molar-refractivity contribution in [3.05, 3.63) is 125 Å². The molecular formula is C33H34O8. The Morgan fingerprint density at radius 2 is 1.46 bits per heavy atom. The summed E-state index contributed by atoms with van der Waals surface area (Å²) in [6, 6.07) is 29.8. The standard InChI is InChI=1S/C33H34O8/c1-36-22-31(41-33(35)26-11-7-4-8-12-26)40-23-39-29-15-13-24(14-16-29)17-27-18-30(19-28(20-34)32(27)37-2)38-21-25-9-5-3-6-10-25/h3-16,18-19,31,34H,17,20-23H2,1-2H3. The second-order valence-corrected chi connectivity index (χ2v) is 9.11. The van der Waals surface area contributed by atoms with E-state index in [0.717, 1.165) is 16.7 Å². The van der Waals surface area contributed by atoms with Crippen molar-refractivity contribution < 1.29 is 38.3 Å². The van der Waals surface area contributed by atoms with Gasteiger partial charge in [0.15, 0.2) is 6.79 Å². The van der Waals surface area contributed by atoms with Gasteiger partial charge < -0.3 is 33.5 Å². The molecule has 0 bridgehead atoms. The smallest absolute Gasteiger partial charge is 0.340 e. The summed E-state index contributed by atoms with van der Waals surface area (Å²) in [5, 5.41) is 9.95. The molecule has 1 unspecified atom stereocenters. The van der Waals surface area contributed by atoms with Crippen LogP contribution in [0.5, 0.6) is 17.2 Å². The molecule has 4 aromatic rings. The van der Waals surface area contributed by atoms with Crippen molar-refractivity contribution >= 4 is 5.97 Å². The Hall–Kier alpha value is -4.37. The molecule has 0 spiro atoms. The Morgan fingerprint density at radius 3 is 2.12 bits per heavy atom. The van der Waals surface area contributed by atoms with Crippen LogP contribution in [0.2, 0.25) is 0 Å². The summed E-state index contributed by atoms with van der Waals surface area (Å²) in [6.45, 7) is 0.176. The Morgan fingerprint density at radius 1 is 0.780 bits per heavy atom. The first-order chi connectivity index (χ1) is 20.1. The third-order valence-electron chi connectivity index (χ3n) is 6.19. The van der Waals surface area contributed by atoms with Crippen molar-refractivity contribution in [1.29, 1.82) is 0 Å². The maximum absolute atomic E-state index is 12.3. The minimum Gasteiger partial charge on any atom is -0.496 e. The highest BCUT2D eigenvalue weighted by Crippen LogP contribution is 2.32. The summed E-state index contributed by atoms with van der Waals surface area (Å²) < 4.78 is 33.4. The highest BCUT2D eigenvalue weighted by Gasteiger charge is 2.17. The van der Waals surface area contributed by atoms with Gasteiger partial charge in [0.25, 0.3) is 0 Å². The summed E-state index contributed by atoms with van der Waals surface area (Å²) in [5.74, 6) is 1.36. The van der Waals surface area contributed by atoms with Crippen LogP contribution < -0.4 is 14.2 Å². The Balaban J connectivity index is 1.35. The van der Waals surface area contributed by atoms with E-state index in [-0.39, 0.29) is 20.0 Å². The Kier molecular flexibility index (Phi) is 11.1. The van der Waals surface area contributed by atoms with Crippen molar-refractivity contribution in [2.24, 2.45) is 0 Å². The molecule has 0 saturated carbocycles. The molecule has 0 radical (unpaired) electrons. The van der Waals surface area contributed by atoms with Gasteiger partial charge in [0.05, 0.1) is 19.3 Å². The van der Waals surface area contributed by atoms with Crippen LogP contribution >= 0.6 is 0 Å². The van der Waals surface area contributed by atoms with E-state index in [1.54, 1.807) is 37.4 Å². The van der Waals surface area contributed by atoms with Gasteiger partial charge in [-0.2, -0.15) is 0 Å². The minimum absolute atomic E-state index is 0.0622. The molecule has 41 heavy (non-hydrogen) atoms. The van der Waals surface area contributed by atoms with Gasteiger partial charge in [-0.25, -0.2) is 4.79 Å². The highest BCUT2D eigenvalue weighted by molar-refractivity contribution is 5.89. The first-order valence-electron chi connectivity index (χ1n) is 13.1. The zero-order chi connectivity index (χ0) is 28.9. The molecule has 8 nitrogen and oxygen atoms in total. The van der Waals surface area contributed by atoms with Gasteiger partial charge in [-0.3, -0.25) is 0 Å². The number of aliphatic hydroxyl groups is 1. The maximum Gasteiger partial charge on any atom is 0.340 e. The van der Waals surface area contributed by atoms with Crippen molar-refractivity contribution in [2.75, 3.05) is 27.6 Å². The maximum atomic E-state index is 12.3. The summed E-state index contributed by atoms with van der Waals surface area (Å²) >= 11 is 0. The van der Waals surface area contributed by atoms with Gasteiger partial charge in [-0.15, -0.1) is 0 Å². The van der Waals surface area contributed by atoms with E-state index >= 15 is 0 Å². The fraction of sp³-hybridized carbons (Fsp3) is 0.242. The SMILES string of the molecule is COCC(OCOc1ccc(Cc2cc(OCc3ccccc3)cc(CO)c2OC)cc1)OC(=O)c1ccccc1. The number of carbonyl (C=O) groups excluding carboxylic acids is 1. The molecule has 0 fully saturated rings. The second kappa shape index (κ2) is 15.4. The molecule has 0 aromatic heterocycles. The lowest BCUT2D eigenvalue weighted by molar-refractivity contribution is -0.168. The lowest BCUT2D eigenvalue weighted by Crippen LogP contribution is -2.27. The van der Waals surface area contributed by atoms with Crippen LogP contribution in [-0.2, 0) is 33.8 Å². The molecule has 4 rings (SSSR count). The number of aliphatic hydroxyl groups excluding tert-OH is 1. The van der Waals surface area contributed by atoms with Crippen LogP contribution in [0.25, 0.3) is 0 Å². The lowest BCUT2D eigenvalue weighted by Gasteiger charge is -2.18. The van der Waals surface area contributed by atoms with Crippen LogP contribution in [0.3, 0.4) is 0 Å². The van der Waals surface area contributed by atoms with Gasteiger partial charge in [-0.1, -0.05) is 60.7 Å². The van der Waals surface area contributed by atoms with Gasteiger partial charge in [-0.05, 0) is 47.5 Å². The predicted molar refractivity (Wildman–Crippen MR) is 153 cm³/mol. The summed E-state index contributed by atoms with van der Waals surface area (Å²) in [6.07, 6.45) is -0.363. The number of benzene rings is 4. The summed E-state index contributed by atoms with van der Waals surface area (Å²) in [4.78, 5) is 12.3. The molecule has 0 aliphatic rings. The van der Waals surface area contributed by atoms with Gasteiger partial charge >= 0.3 is 5.97 Å². The number of carbonyl (C=O) groups is 1. The van der Waals surface area contributed by atoms with Gasteiger partial charge in [0.1, 0.15) is 30.5 Å². The molecule has 0 saturated heterocycles. The molecule has 0 heterocycles. The highest BCUT2D eigenvalue weighted by atomic mass is 16.8. The van der Waals surface area contributed by atoms with Gasteiger partial charge in [0.2, 0.25) is 6.29 Å². The molecule has 1 atom stereocenters. The first kappa shape index (κ1) is 29.6. The topological polar surface area (TPSA) is 92.7 Å². The molecule has 0 amide bonds. The lowest BCUT2D eigenvalue weighted by atomic mass is 10.0. The van der Waals surface area contributed by atoms with Crippen molar-refractivity contribution in [2.45, 2.75) is 25.9 Å². The van der Waals surface area contributed by atoms with E-state index in [1.807, 2.05) is 66.7 Å². The number of hydrogen-bond acceptors (Lipinski definition) is 8. The number of ether oxygens (including phenoxy) is 6. The normalized spacial score (nSPS) is 11.5. The van der Waals surface area contributed by atoms with Crippen LogP contribution in [0.4, 0.5) is 0 Å². The molecular weight excluding hydrogens is 524 g/mol. The Labute approximate surface area is 240 Å². The molecule has 4 aromatic carbocycles. The number of esters is 1. The predicted octanol–water partition coefficient (Wildman–Crippen LogP) is 5.54. The third-order valence-corrected chi connectivity index (χ3v) is 6.19. The summed E-state index contributed by atoms with van der Waals surface area (Å²) in [5.41, 5.74) is 4.03. The van der Waals surface area contributed by atoms with Crippen molar-refractivity contribution in [3.8, 4) is 17.2 Å². The number of hydrogen-bond donors (Lipinski definition) is 1. The average molecular weight is 559 g/mol. The van der Waals surface area contributed by atoms with Crippen LogP contribution in [0.1, 0.15) is 32.6 Å². The van der Waals surface area contributed by atoms with E-state index in [2.05, 4.69) is 0 Å². The zero-order valence-electron chi connectivity index (χ0n) is 23.2. The zero-order valence-corrected chi connectivity index (χ0v) is 23.2. The minimum atomic E-state index is -0.920. The fourth-order valence-electron chi connectivity index (χ4n) is 4.17. The van der Waals surface area contributed by atoms with Crippen molar-refractivity contribution in [1.82, 2.24) is 0 Å². The molecule has 0 aliphatic carbocycles. The second-order valence-electron chi connectivity index (χ2n) is 9.11. The van der Waals surface area contributed by atoms with Crippen molar-refractivity contribution in [3.63, 3.8) is 0 Å². The summed E-state index contributed by atoms with van der Waals surface area (Å²) in [7, 11) is 3.09. The monoisotopic (exact) mass is 558 g/mol. The van der Waals surface area contributed by atoms with Gasteiger partial charge in [0, 0.05) is 24.7 Å². The van der Waals surface area contributed by atoms with E-state index < -0.39 is 12.3 Å². The van der Waals surface area contributed by atoms with Crippen LogP contribution in [-0.4, -0.2) is 45.0 Å². The largest absolute Gasteiger partial charge is 0.496 e. The number of methoxy groups -OCH3 is 2. The molecule has 8 heteroatoms. The third kappa shape index (κ3) is 8.81. The Bertz CT molecular complexity index is 1360.